The summed E-state index contributed by atoms with van der Waals surface area (Å²) in [4.78, 5) is 2.47. The predicted octanol–water partition coefficient (Wildman–Crippen LogP) is 2.85. The zero-order valence-electron chi connectivity index (χ0n) is 12.6. The minimum Gasteiger partial charge on any atom is -0.468 e. The van der Waals surface area contributed by atoms with Crippen molar-refractivity contribution in [3.05, 3.63) is 36.8 Å². The topological polar surface area (TPSA) is 34.8 Å². The monoisotopic (exact) mass is 291 g/mol. The van der Waals surface area contributed by atoms with Crippen molar-refractivity contribution in [2.24, 2.45) is 5.41 Å². The van der Waals surface area contributed by atoms with E-state index in [0.717, 1.165) is 51.4 Å². The molecule has 2 aliphatic heterocycles. The van der Waals surface area contributed by atoms with Crippen LogP contribution in [0.1, 0.15) is 25.0 Å². The van der Waals surface area contributed by atoms with E-state index in [1.54, 1.807) is 6.26 Å². The molecular formula is C17H25NO3. The van der Waals surface area contributed by atoms with Gasteiger partial charge in [0.25, 0.3) is 0 Å². The van der Waals surface area contributed by atoms with Gasteiger partial charge in [-0.15, -0.1) is 6.58 Å². The summed E-state index contributed by atoms with van der Waals surface area (Å²) in [5, 5.41) is 0. The van der Waals surface area contributed by atoms with Crippen LogP contribution in [0.3, 0.4) is 0 Å². The SMILES string of the molecule is C=CCOC[C@]12CCCO[C@@H]1CCN(Cc1ccco1)C2. The van der Waals surface area contributed by atoms with Crippen LogP contribution < -0.4 is 0 Å². The quantitative estimate of drug-likeness (QED) is 0.596. The summed E-state index contributed by atoms with van der Waals surface area (Å²) >= 11 is 0. The number of rotatable bonds is 6. The number of ether oxygens (including phenoxy) is 2. The van der Waals surface area contributed by atoms with Gasteiger partial charge in [0.05, 0.1) is 32.1 Å². The highest BCUT2D eigenvalue weighted by Gasteiger charge is 2.46. The summed E-state index contributed by atoms with van der Waals surface area (Å²) in [6, 6.07) is 4.00. The molecule has 116 valence electrons. The molecule has 0 saturated carbocycles. The van der Waals surface area contributed by atoms with Crippen LogP contribution in [0.5, 0.6) is 0 Å². The molecule has 0 bridgehead atoms. The summed E-state index contributed by atoms with van der Waals surface area (Å²) in [6.45, 7) is 8.97. The van der Waals surface area contributed by atoms with Crippen LogP contribution in [0, 0.1) is 5.41 Å². The lowest BCUT2D eigenvalue weighted by Gasteiger charge is -2.50. The highest BCUT2D eigenvalue weighted by Crippen LogP contribution is 2.40. The first kappa shape index (κ1) is 14.8. The van der Waals surface area contributed by atoms with Crippen LogP contribution in [-0.2, 0) is 16.0 Å². The normalized spacial score (nSPS) is 30.0. The van der Waals surface area contributed by atoms with Crippen molar-refractivity contribution in [2.75, 3.05) is 32.9 Å². The maximum atomic E-state index is 6.04. The molecule has 0 aromatic carbocycles. The van der Waals surface area contributed by atoms with E-state index in [1.165, 1.54) is 6.42 Å². The number of likely N-dealkylation sites (tertiary alicyclic amines) is 1. The number of hydrogen-bond donors (Lipinski definition) is 0. The van der Waals surface area contributed by atoms with Gasteiger partial charge in [0, 0.05) is 25.1 Å². The molecule has 21 heavy (non-hydrogen) atoms. The molecule has 0 unspecified atom stereocenters. The maximum absolute atomic E-state index is 6.04. The number of fused-ring (bicyclic) bond motifs is 1. The van der Waals surface area contributed by atoms with Crippen LogP contribution in [-0.4, -0.2) is 43.9 Å². The Morgan fingerprint density at radius 3 is 3.29 bits per heavy atom. The summed E-state index contributed by atoms with van der Waals surface area (Å²) in [6.07, 6.45) is 7.29. The molecule has 1 aromatic heterocycles. The van der Waals surface area contributed by atoms with Crippen LogP contribution in [0.4, 0.5) is 0 Å². The standard InChI is InChI=1S/C17H25NO3/c1-2-9-19-14-17-7-4-11-21-16(17)6-8-18(13-17)12-15-5-3-10-20-15/h2-3,5,10,16H,1,4,6-9,11-14H2/t16-,17-/m1/s1. The Morgan fingerprint density at radius 2 is 2.48 bits per heavy atom. The van der Waals surface area contributed by atoms with Crippen molar-refractivity contribution in [3.63, 3.8) is 0 Å². The number of furan rings is 1. The van der Waals surface area contributed by atoms with Gasteiger partial charge in [-0.05, 0) is 31.4 Å². The Kier molecular flexibility index (Phi) is 4.78. The molecule has 0 spiro atoms. The molecule has 0 N–H and O–H groups in total. The summed E-state index contributed by atoms with van der Waals surface area (Å²) < 4.78 is 17.3. The second-order valence-corrected chi connectivity index (χ2v) is 6.21. The lowest BCUT2D eigenvalue weighted by Crippen LogP contribution is -2.56. The Balaban J connectivity index is 1.66. The van der Waals surface area contributed by atoms with Gasteiger partial charge < -0.3 is 13.9 Å². The second kappa shape index (κ2) is 6.77. The van der Waals surface area contributed by atoms with Crippen molar-refractivity contribution >= 4 is 0 Å². The molecule has 0 amide bonds. The second-order valence-electron chi connectivity index (χ2n) is 6.21. The van der Waals surface area contributed by atoms with E-state index in [9.17, 15) is 0 Å². The van der Waals surface area contributed by atoms with Crippen molar-refractivity contribution in [2.45, 2.75) is 31.9 Å². The molecule has 1 aromatic rings. The van der Waals surface area contributed by atoms with Gasteiger partial charge >= 0.3 is 0 Å². The molecule has 2 saturated heterocycles. The molecule has 0 radical (unpaired) electrons. The fourth-order valence-corrected chi connectivity index (χ4v) is 3.70. The average molecular weight is 291 g/mol. The Morgan fingerprint density at radius 1 is 1.52 bits per heavy atom. The molecule has 2 aliphatic rings. The molecule has 4 nitrogen and oxygen atoms in total. The van der Waals surface area contributed by atoms with Crippen molar-refractivity contribution < 1.29 is 13.9 Å². The fourth-order valence-electron chi connectivity index (χ4n) is 3.70. The molecule has 3 rings (SSSR count). The number of nitrogens with zero attached hydrogens (tertiary/aromatic N) is 1. The molecule has 3 heterocycles. The van der Waals surface area contributed by atoms with Gasteiger partial charge in [0.15, 0.2) is 0 Å². The van der Waals surface area contributed by atoms with Crippen LogP contribution in [0.15, 0.2) is 35.5 Å². The average Bonchev–Trinajstić information content (AvgIpc) is 3.00. The van der Waals surface area contributed by atoms with E-state index in [0.29, 0.717) is 12.7 Å². The zero-order chi connectivity index (χ0) is 14.5. The van der Waals surface area contributed by atoms with E-state index < -0.39 is 0 Å². The first-order valence-corrected chi connectivity index (χ1v) is 7.87. The van der Waals surface area contributed by atoms with Crippen molar-refractivity contribution in [1.29, 1.82) is 0 Å². The van der Waals surface area contributed by atoms with Gasteiger partial charge in [0.2, 0.25) is 0 Å². The van der Waals surface area contributed by atoms with E-state index in [2.05, 4.69) is 11.5 Å². The molecular weight excluding hydrogens is 266 g/mol. The highest BCUT2D eigenvalue weighted by molar-refractivity contribution is 5.01. The largest absolute Gasteiger partial charge is 0.468 e. The highest BCUT2D eigenvalue weighted by atomic mass is 16.5. The van der Waals surface area contributed by atoms with Crippen molar-refractivity contribution in [1.82, 2.24) is 4.90 Å². The first-order valence-electron chi connectivity index (χ1n) is 7.87. The van der Waals surface area contributed by atoms with Crippen molar-refractivity contribution in [3.8, 4) is 0 Å². The minimum absolute atomic E-state index is 0.131. The lowest BCUT2D eigenvalue weighted by molar-refractivity contribution is -0.152. The van der Waals surface area contributed by atoms with Crippen LogP contribution >= 0.6 is 0 Å². The van der Waals surface area contributed by atoms with Crippen LogP contribution in [0.2, 0.25) is 0 Å². The van der Waals surface area contributed by atoms with E-state index in [1.807, 2.05) is 18.2 Å². The predicted molar refractivity (Wildman–Crippen MR) is 81.0 cm³/mol. The Bertz CT molecular complexity index is 445. The molecule has 0 aliphatic carbocycles. The van der Waals surface area contributed by atoms with Gasteiger partial charge in [-0.2, -0.15) is 0 Å². The van der Waals surface area contributed by atoms with Gasteiger partial charge in [0.1, 0.15) is 5.76 Å². The van der Waals surface area contributed by atoms with Gasteiger partial charge in [-0.3, -0.25) is 4.90 Å². The summed E-state index contributed by atoms with van der Waals surface area (Å²) in [7, 11) is 0. The van der Waals surface area contributed by atoms with E-state index >= 15 is 0 Å². The number of piperidine rings is 1. The molecule has 2 atom stereocenters. The zero-order valence-corrected chi connectivity index (χ0v) is 12.6. The third-order valence-corrected chi connectivity index (χ3v) is 4.65. The Hall–Kier alpha value is -1.10. The van der Waals surface area contributed by atoms with Gasteiger partial charge in [-0.25, -0.2) is 0 Å². The third kappa shape index (κ3) is 3.39. The summed E-state index contributed by atoms with van der Waals surface area (Å²) in [5.74, 6) is 1.03. The van der Waals surface area contributed by atoms with E-state index in [-0.39, 0.29) is 5.41 Å². The molecule has 2 fully saturated rings. The smallest absolute Gasteiger partial charge is 0.117 e. The molecule has 4 heteroatoms. The van der Waals surface area contributed by atoms with Gasteiger partial charge in [-0.1, -0.05) is 6.08 Å². The first-order chi connectivity index (χ1) is 10.3. The third-order valence-electron chi connectivity index (χ3n) is 4.65. The van der Waals surface area contributed by atoms with E-state index in [4.69, 9.17) is 13.9 Å². The maximum Gasteiger partial charge on any atom is 0.117 e. The summed E-state index contributed by atoms with van der Waals surface area (Å²) in [5.41, 5.74) is 0.131. The minimum atomic E-state index is 0.131. The lowest BCUT2D eigenvalue weighted by atomic mass is 9.73. The fraction of sp³-hybridized carbons (Fsp3) is 0.647. The number of hydrogen-bond acceptors (Lipinski definition) is 4. The Labute approximate surface area is 126 Å². The van der Waals surface area contributed by atoms with Crippen LogP contribution in [0.25, 0.3) is 0 Å².